The third-order valence-corrected chi connectivity index (χ3v) is 6.06. The van der Waals surface area contributed by atoms with Crippen LogP contribution in [-0.4, -0.2) is 46.3 Å². The van der Waals surface area contributed by atoms with Gasteiger partial charge in [0.05, 0.1) is 18.1 Å². The van der Waals surface area contributed by atoms with Crippen molar-refractivity contribution in [1.82, 2.24) is 9.47 Å². The summed E-state index contributed by atoms with van der Waals surface area (Å²) in [5.41, 5.74) is 3.73. The van der Waals surface area contributed by atoms with Gasteiger partial charge in [-0.2, -0.15) is 0 Å². The number of esters is 1. The zero-order valence-corrected chi connectivity index (χ0v) is 19.1. The highest BCUT2D eigenvalue weighted by Crippen LogP contribution is 2.34. The lowest BCUT2D eigenvalue weighted by molar-refractivity contribution is -0.150. The molecular weight excluding hydrogens is 416 g/mol. The molecule has 164 valence electrons. The predicted molar refractivity (Wildman–Crippen MR) is 120 cm³/mol. The summed E-state index contributed by atoms with van der Waals surface area (Å²) in [6, 6.07) is 9.65. The molecule has 0 bridgehead atoms. The molecule has 1 aliphatic heterocycles. The molecular formula is C23H26N2O5S. The molecule has 7 nitrogen and oxygen atoms in total. The SMILES string of the molecule is CC[C@@H](C)OC(=O)CN1C(=O)S/C(=C\c2cc(C)n(-c3ccc(OC)cc3)c2C)C1=O. The monoisotopic (exact) mass is 442 g/mol. The molecule has 31 heavy (non-hydrogen) atoms. The number of hydrogen-bond donors (Lipinski definition) is 0. The van der Waals surface area contributed by atoms with Crippen LogP contribution in [0.5, 0.6) is 5.75 Å². The zero-order chi connectivity index (χ0) is 22.7. The first-order valence-corrected chi connectivity index (χ1v) is 10.8. The summed E-state index contributed by atoms with van der Waals surface area (Å²) in [5.74, 6) is -0.298. The third-order valence-electron chi connectivity index (χ3n) is 5.16. The molecule has 0 saturated carbocycles. The number of amides is 2. The number of ether oxygens (including phenoxy) is 2. The van der Waals surface area contributed by atoms with Crippen LogP contribution in [0.3, 0.4) is 0 Å². The summed E-state index contributed by atoms with van der Waals surface area (Å²) in [4.78, 5) is 38.3. The quantitative estimate of drug-likeness (QED) is 0.465. The van der Waals surface area contributed by atoms with E-state index in [-0.39, 0.29) is 17.6 Å². The van der Waals surface area contributed by atoms with E-state index in [0.29, 0.717) is 6.42 Å². The zero-order valence-electron chi connectivity index (χ0n) is 18.3. The van der Waals surface area contributed by atoms with Crippen molar-refractivity contribution in [1.29, 1.82) is 0 Å². The van der Waals surface area contributed by atoms with Gasteiger partial charge in [-0.05, 0) is 80.9 Å². The highest BCUT2D eigenvalue weighted by atomic mass is 32.2. The minimum Gasteiger partial charge on any atom is -0.497 e. The van der Waals surface area contributed by atoms with Gasteiger partial charge in [-0.3, -0.25) is 19.3 Å². The first-order valence-electron chi connectivity index (χ1n) is 10.0. The van der Waals surface area contributed by atoms with Crippen LogP contribution in [0, 0.1) is 13.8 Å². The van der Waals surface area contributed by atoms with Crippen molar-refractivity contribution in [2.75, 3.05) is 13.7 Å². The van der Waals surface area contributed by atoms with Crippen LogP contribution >= 0.6 is 11.8 Å². The fourth-order valence-electron chi connectivity index (χ4n) is 3.31. The standard InChI is InChI=1S/C23H26N2O5S/c1-6-15(3)30-21(26)13-24-22(27)20(31-23(24)28)12-17-11-14(2)25(16(17)4)18-7-9-19(29-5)10-8-18/h7-12,15H,6,13H2,1-5H3/b20-12-/t15-/m1/s1. The average molecular weight is 443 g/mol. The molecule has 1 fully saturated rings. The van der Waals surface area contributed by atoms with E-state index in [1.54, 1.807) is 20.1 Å². The van der Waals surface area contributed by atoms with Gasteiger partial charge in [0.2, 0.25) is 0 Å². The summed E-state index contributed by atoms with van der Waals surface area (Å²) >= 11 is 0.833. The number of rotatable bonds is 7. The molecule has 0 aliphatic carbocycles. The third kappa shape index (κ3) is 4.85. The molecule has 0 N–H and O–H groups in total. The Bertz CT molecular complexity index is 1040. The molecule has 0 spiro atoms. The second-order valence-electron chi connectivity index (χ2n) is 7.34. The summed E-state index contributed by atoms with van der Waals surface area (Å²) < 4.78 is 12.5. The van der Waals surface area contributed by atoms with Crippen molar-refractivity contribution >= 4 is 35.0 Å². The smallest absolute Gasteiger partial charge is 0.326 e. The first-order chi connectivity index (χ1) is 14.7. The molecule has 1 atom stereocenters. The second kappa shape index (κ2) is 9.43. The lowest BCUT2D eigenvalue weighted by Gasteiger charge is -2.14. The van der Waals surface area contributed by atoms with E-state index in [2.05, 4.69) is 4.57 Å². The van der Waals surface area contributed by atoms with Crippen LogP contribution in [0.4, 0.5) is 4.79 Å². The number of carbonyl (C=O) groups excluding carboxylic acids is 3. The van der Waals surface area contributed by atoms with Gasteiger partial charge in [0, 0.05) is 17.1 Å². The van der Waals surface area contributed by atoms with Gasteiger partial charge in [-0.25, -0.2) is 0 Å². The van der Waals surface area contributed by atoms with Crippen LogP contribution in [0.2, 0.25) is 0 Å². The van der Waals surface area contributed by atoms with E-state index < -0.39 is 17.1 Å². The molecule has 0 unspecified atom stereocenters. The number of methoxy groups -OCH3 is 1. The Morgan fingerprint density at radius 3 is 2.48 bits per heavy atom. The van der Waals surface area contributed by atoms with Crippen molar-refractivity contribution in [2.45, 2.75) is 40.2 Å². The number of thioether (sulfide) groups is 1. The van der Waals surface area contributed by atoms with Gasteiger partial charge in [-0.1, -0.05) is 6.92 Å². The predicted octanol–water partition coefficient (Wildman–Crippen LogP) is 4.48. The fraction of sp³-hybridized carbons (Fsp3) is 0.348. The van der Waals surface area contributed by atoms with Crippen LogP contribution in [-0.2, 0) is 14.3 Å². The highest BCUT2D eigenvalue weighted by molar-refractivity contribution is 8.18. The first kappa shape index (κ1) is 22.7. The number of carbonyl (C=O) groups is 3. The van der Waals surface area contributed by atoms with Gasteiger partial charge in [0.25, 0.3) is 11.1 Å². The van der Waals surface area contributed by atoms with E-state index in [0.717, 1.165) is 45.1 Å². The number of nitrogens with zero attached hydrogens (tertiary/aromatic N) is 2. The number of aromatic nitrogens is 1. The Kier molecular flexibility index (Phi) is 6.90. The van der Waals surface area contributed by atoms with E-state index >= 15 is 0 Å². The van der Waals surface area contributed by atoms with Gasteiger partial charge < -0.3 is 14.0 Å². The minimum atomic E-state index is -0.587. The van der Waals surface area contributed by atoms with Crippen LogP contribution in [0.15, 0.2) is 35.2 Å². The van der Waals surface area contributed by atoms with E-state index in [4.69, 9.17) is 9.47 Å². The Hall–Kier alpha value is -3.00. The Labute approximate surface area is 186 Å². The molecule has 3 rings (SSSR count). The second-order valence-corrected chi connectivity index (χ2v) is 8.33. The molecule has 2 amide bonds. The van der Waals surface area contributed by atoms with Gasteiger partial charge >= 0.3 is 5.97 Å². The molecule has 8 heteroatoms. The van der Waals surface area contributed by atoms with Crippen LogP contribution in [0.1, 0.15) is 37.2 Å². The van der Waals surface area contributed by atoms with Crippen molar-refractivity contribution in [3.63, 3.8) is 0 Å². The Balaban J connectivity index is 1.83. The molecule has 1 aliphatic rings. The summed E-state index contributed by atoms with van der Waals surface area (Å²) in [5, 5.41) is -0.471. The minimum absolute atomic E-state index is 0.258. The molecule has 1 aromatic carbocycles. The fourth-order valence-corrected chi connectivity index (χ4v) is 4.14. The van der Waals surface area contributed by atoms with Crippen LogP contribution in [0.25, 0.3) is 11.8 Å². The summed E-state index contributed by atoms with van der Waals surface area (Å²) in [6.45, 7) is 7.21. The molecule has 2 aromatic rings. The van der Waals surface area contributed by atoms with E-state index in [1.165, 1.54) is 0 Å². The number of imide groups is 1. The molecule has 1 saturated heterocycles. The largest absolute Gasteiger partial charge is 0.497 e. The maximum Gasteiger partial charge on any atom is 0.326 e. The van der Waals surface area contributed by atoms with Crippen molar-refractivity contribution in [3.8, 4) is 11.4 Å². The number of hydrogen-bond acceptors (Lipinski definition) is 6. The summed E-state index contributed by atoms with van der Waals surface area (Å²) in [7, 11) is 1.62. The maximum absolute atomic E-state index is 12.7. The maximum atomic E-state index is 12.7. The molecule has 0 radical (unpaired) electrons. The topological polar surface area (TPSA) is 77.8 Å². The van der Waals surface area contributed by atoms with Gasteiger partial charge in [-0.15, -0.1) is 0 Å². The number of aryl methyl sites for hydroxylation is 1. The van der Waals surface area contributed by atoms with Crippen molar-refractivity contribution in [3.05, 3.63) is 52.2 Å². The van der Waals surface area contributed by atoms with E-state index in [1.807, 2.05) is 51.1 Å². The number of benzene rings is 1. The average Bonchev–Trinajstić information content (AvgIpc) is 3.17. The summed E-state index contributed by atoms with van der Waals surface area (Å²) in [6.07, 6.45) is 2.11. The normalized spacial score (nSPS) is 16.2. The van der Waals surface area contributed by atoms with Gasteiger partial charge in [0.15, 0.2) is 0 Å². The lowest BCUT2D eigenvalue weighted by atomic mass is 10.2. The lowest BCUT2D eigenvalue weighted by Crippen LogP contribution is -2.35. The Morgan fingerprint density at radius 1 is 1.19 bits per heavy atom. The molecule has 1 aromatic heterocycles. The van der Waals surface area contributed by atoms with Crippen molar-refractivity contribution in [2.24, 2.45) is 0 Å². The van der Waals surface area contributed by atoms with E-state index in [9.17, 15) is 14.4 Å². The van der Waals surface area contributed by atoms with Crippen LogP contribution < -0.4 is 4.74 Å². The molecule has 2 heterocycles. The van der Waals surface area contributed by atoms with Crippen molar-refractivity contribution < 1.29 is 23.9 Å². The van der Waals surface area contributed by atoms with Gasteiger partial charge in [0.1, 0.15) is 12.3 Å². The Morgan fingerprint density at radius 2 is 1.87 bits per heavy atom. The highest BCUT2D eigenvalue weighted by Gasteiger charge is 2.37.